The van der Waals surface area contributed by atoms with Gasteiger partial charge in [0.25, 0.3) is 0 Å². The van der Waals surface area contributed by atoms with Crippen LogP contribution in [0.25, 0.3) is 11.3 Å². The largest absolute Gasteiger partial charge is 0.497 e. The van der Waals surface area contributed by atoms with E-state index in [1.807, 2.05) is 18.2 Å². The van der Waals surface area contributed by atoms with Crippen LogP contribution < -0.4 is 4.74 Å². The second kappa shape index (κ2) is 4.49. The normalized spacial score (nSPS) is 11.5. The van der Waals surface area contributed by atoms with Crippen LogP contribution in [0.3, 0.4) is 0 Å². The van der Waals surface area contributed by atoms with E-state index in [0.717, 1.165) is 22.0 Å². The van der Waals surface area contributed by atoms with E-state index in [0.29, 0.717) is 0 Å². The van der Waals surface area contributed by atoms with Crippen LogP contribution in [0, 0.1) is 0 Å². The van der Waals surface area contributed by atoms with E-state index >= 15 is 0 Å². The summed E-state index contributed by atoms with van der Waals surface area (Å²) in [5.41, 5.74) is 2.25. The Hall–Kier alpha value is -1.35. The van der Waals surface area contributed by atoms with Crippen LogP contribution in [0.1, 0.15) is 25.8 Å². The van der Waals surface area contributed by atoms with E-state index in [1.165, 1.54) is 0 Å². The summed E-state index contributed by atoms with van der Waals surface area (Å²) < 4.78 is 5.23. The summed E-state index contributed by atoms with van der Waals surface area (Å²) in [4.78, 5) is 4.69. The Morgan fingerprint density at radius 3 is 2.59 bits per heavy atom. The van der Waals surface area contributed by atoms with Crippen molar-refractivity contribution in [1.29, 1.82) is 0 Å². The highest BCUT2D eigenvalue weighted by Gasteiger charge is 2.18. The van der Waals surface area contributed by atoms with Gasteiger partial charge in [-0.1, -0.05) is 32.9 Å². The van der Waals surface area contributed by atoms with Crippen molar-refractivity contribution >= 4 is 11.3 Å². The maximum atomic E-state index is 5.23. The number of methoxy groups -OCH3 is 1. The van der Waals surface area contributed by atoms with Gasteiger partial charge in [-0.15, -0.1) is 11.3 Å². The van der Waals surface area contributed by atoms with E-state index in [9.17, 15) is 0 Å². The van der Waals surface area contributed by atoms with Gasteiger partial charge in [0.2, 0.25) is 0 Å². The highest BCUT2D eigenvalue weighted by molar-refractivity contribution is 7.10. The van der Waals surface area contributed by atoms with Crippen LogP contribution in [0.2, 0.25) is 0 Å². The second-order valence-electron chi connectivity index (χ2n) is 5.02. The van der Waals surface area contributed by atoms with Gasteiger partial charge in [0.15, 0.2) is 0 Å². The van der Waals surface area contributed by atoms with Crippen molar-refractivity contribution in [1.82, 2.24) is 4.98 Å². The van der Waals surface area contributed by atoms with Crippen molar-refractivity contribution in [2.45, 2.75) is 26.2 Å². The highest BCUT2D eigenvalue weighted by Crippen LogP contribution is 2.30. The summed E-state index contributed by atoms with van der Waals surface area (Å²) in [5.74, 6) is 0.868. The average molecular weight is 247 g/mol. The van der Waals surface area contributed by atoms with Gasteiger partial charge in [0.05, 0.1) is 17.8 Å². The lowest BCUT2D eigenvalue weighted by Crippen LogP contribution is -2.10. The molecule has 2 aromatic rings. The highest BCUT2D eigenvalue weighted by atomic mass is 32.1. The maximum absolute atomic E-state index is 5.23. The monoisotopic (exact) mass is 247 g/mol. The molecule has 2 nitrogen and oxygen atoms in total. The van der Waals surface area contributed by atoms with Gasteiger partial charge in [-0.05, 0) is 12.1 Å². The second-order valence-corrected chi connectivity index (χ2v) is 5.88. The molecule has 0 saturated carbocycles. The lowest BCUT2D eigenvalue weighted by Gasteiger charge is -2.13. The van der Waals surface area contributed by atoms with Crippen LogP contribution in [0.15, 0.2) is 29.6 Å². The fraction of sp³-hybridized carbons (Fsp3) is 0.357. The van der Waals surface area contributed by atoms with E-state index in [4.69, 9.17) is 9.72 Å². The molecule has 0 atom stereocenters. The van der Waals surface area contributed by atoms with E-state index in [2.05, 4.69) is 32.2 Å². The van der Waals surface area contributed by atoms with Crippen molar-refractivity contribution in [3.8, 4) is 17.0 Å². The molecule has 0 amide bonds. The smallest absolute Gasteiger partial charge is 0.119 e. The van der Waals surface area contributed by atoms with Gasteiger partial charge >= 0.3 is 0 Å². The fourth-order valence-corrected chi connectivity index (χ4v) is 2.45. The molecule has 0 aliphatic heterocycles. The third kappa shape index (κ3) is 2.67. The molecule has 0 saturated heterocycles. The zero-order valence-electron chi connectivity index (χ0n) is 10.7. The molecule has 3 heteroatoms. The Labute approximate surface area is 106 Å². The molecular weight excluding hydrogens is 230 g/mol. The van der Waals surface area contributed by atoms with E-state index in [-0.39, 0.29) is 5.41 Å². The number of ether oxygens (including phenoxy) is 1. The Morgan fingerprint density at radius 2 is 2.00 bits per heavy atom. The first-order chi connectivity index (χ1) is 8.00. The van der Waals surface area contributed by atoms with Crippen molar-refractivity contribution < 1.29 is 4.74 Å². The number of benzene rings is 1. The van der Waals surface area contributed by atoms with Crippen molar-refractivity contribution in [2.24, 2.45) is 0 Å². The van der Waals surface area contributed by atoms with Crippen molar-refractivity contribution in [2.75, 3.05) is 7.11 Å². The Kier molecular flexibility index (Phi) is 3.20. The van der Waals surface area contributed by atoms with Gasteiger partial charge in [0, 0.05) is 16.4 Å². The first-order valence-electron chi connectivity index (χ1n) is 5.61. The minimum Gasteiger partial charge on any atom is -0.497 e. The van der Waals surface area contributed by atoms with Crippen molar-refractivity contribution in [3.05, 3.63) is 34.7 Å². The molecule has 0 radical (unpaired) electrons. The van der Waals surface area contributed by atoms with Crippen LogP contribution >= 0.6 is 11.3 Å². The molecule has 0 aliphatic carbocycles. The quantitative estimate of drug-likeness (QED) is 0.796. The van der Waals surface area contributed by atoms with Crippen LogP contribution in [0.4, 0.5) is 0 Å². The lowest BCUT2D eigenvalue weighted by molar-refractivity contribution is 0.415. The van der Waals surface area contributed by atoms with E-state index < -0.39 is 0 Å². The molecule has 0 unspecified atom stereocenters. The molecule has 0 N–H and O–H groups in total. The third-order valence-electron chi connectivity index (χ3n) is 2.51. The number of aromatic nitrogens is 1. The van der Waals surface area contributed by atoms with Gasteiger partial charge in [-0.3, -0.25) is 0 Å². The summed E-state index contributed by atoms with van der Waals surface area (Å²) in [6.45, 7) is 6.55. The summed E-state index contributed by atoms with van der Waals surface area (Å²) in [6.07, 6.45) is 0. The molecule has 2 rings (SSSR count). The molecule has 1 heterocycles. The molecule has 1 aromatic heterocycles. The van der Waals surface area contributed by atoms with Crippen LogP contribution in [-0.4, -0.2) is 12.1 Å². The average Bonchev–Trinajstić information content (AvgIpc) is 2.78. The number of nitrogens with zero attached hydrogens (tertiary/aromatic N) is 1. The van der Waals surface area contributed by atoms with Gasteiger partial charge in [-0.25, -0.2) is 4.98 Å². The standard InChI is InChI=1S/C14H17NOS/c1-14(2,3)13-15-12(9-17-13)10-6-5-7-11(8-10)16-4/h5-9H,1-4H3. The van der Waals surface area contributed by atoms with E-state index in [1.54, 1.807) is 18.4 Å². The first kappa shape index (κ1) is 12.1. The summed E-state index contributed by atoms with van der Waals surface area (Å²) >= 11 is 1.71. The molecule has 17 heavy (non-hydrogen) atoms. The minimum atomic E-state index is 0.113. The molecule has 1 aromatic carbocycles. The minimum absolute atomic E-state index is 0.113. The van der Waals surface area contributed by atoms with Gasteiger partial charge in [0.1, 0.15) is 5.75 Å². The third-order valence-corrected chi connectivity index (χ3v) is 3.78. The number of hydrogen-bond donors (Lipinski definition) is 0. The zero-order valence-corrected chi connectivity index (χ0v) is 11.5. The topological polar surface area (TPSA) is 22.1 Å². The predicted octanol–water partition coefficient (Wildman–Crippen LogP) is 4.12. The number of hydrogen-bond acceptors (Lipinski definition) is 3. The van der Waals surface area contributed by atoms with Gasteiger partial charge < -0.3 is 4.74 Å². The number of thiazole rings is 1. The molecule has 0 fully saturated rings. The number of rotatable bonds is 2. The Balaban J connectivity index is 2.37. The SMILES string of the molecule is COc1cccc(-c2csc(C(C)(C)C)n2)c1. The molecule has 0 aliphatic rings. The molecular formula is C14H17NOS. The molecule has 0 spiro atoms. The zero-order chi connectivity index (χ0) is 12.5. The lowest BCUT2D eigenvalue weighted by atomic mass is 9.98. The Bertz CT molecular complexity index is 511. The van der Waals surface area contributed by atoms with Gasteiger partial charge in [-0.2, -0.15) is 0 Å². The van der Waals surface area contributed by atoms with Crippen LogP contribution in [0.5, 0.6) is 5.75 Å². The summed E-state index contributed by atoms with van der Waals surface area (Å²) in [6, 6.07) is 8.01. The molecule has 90 valence electrons. The molecule has 0 bridgehead atoms. The summed E-state index contributed by atoms with van der Waals surface area (Å²) in [5, 5.41) is 3.27. The van der Waals surface area contributed by atoms with Crippen LogP contribution in [-0.2, 0) is 5.41 Å². The Morgan fingerprint density at radius 1 is 1.24 bits per heavy atom. The van der Waals surface area contributed by atoms with Crippen molar-refractivity contribution in [3.63, 3.8) is 0 Å². The maximum Gasteiger partial charge on any atom is 0.119 e. The fourth-order valence-electron chi connectivity index (χ4n) is 1.53. The predicted molar refractivity (Wildman–Crippen MR) is 72.8 cm³/mol. The summed E-state index contributed by atoms with van der Waals surface area (Å²) in [7, 11) is 1.68. The first-order valence-corrected chi connectivity index (χ1v) is 6.49.